The average molecular weight is 323 g/mol. The number of rotatable bonds is 5. The van der Waals surface area contributed by atoms with E-state index in [0.29, 0.717) is 16.7 Å². The van der Waals surface area contributed by atoms with Crippen LogP contribution in [0.4, 0.5) is 0 Å². The third-order valence-corrected chi connectivity index (χ3v) is 6.27. The molecule has 2 aliphatic carbocycles. The second kappa shape index (κ2) is 6.20. The highest BCUT2D eigenvalue weighted by molar-refractivity contribution is 7.14. The number of thiophene rings is 1. The van der Waals surface area contributed by atoms with Crippen molar-refractivity contribution >= 4 is 17.2 Å². The van der Waals surface area contributed by atoms with Crippen LogP contribution in [0.2, 0.25) is 0 Å². The van der Waals surface area contributed by atoms with Crippen LogP contribution in [0.1, 0.15) is 53.6 Å². The third-order valence-electron chi connectivity index (χ3n) is 5.24. The number of hydrogen-bond acceptors (Lipinski definition) is 4. The fraction of sp³-hybridized carbons (Fsp3) is 0.706. The third kappa shape index (κ3) is 2.54. The molecule has 1 spiro atoms. The Morgan fingerprint density at radius 2 is 2.18 bits per heavy atom. The van der Waals surface area contributed by atoms with Gasteiger partial charge in [-0.25, -0.2) is 0 Å². The Labute approximate surface area is 136 Å². The fourth-order valence-electron chi connectivity index (χ4n) is 4.11. The molecule has 0 unspecified atom stereocenters. The van der Waals surface area contributed by atoms with Gasteiger partial charge in [-0.1, -0.05) is 12.8 Å². The van der Waals surface area contributed by atoms with Gasteiger partial charge in [0.25, 0.3) is 5.91 Å². The predicted molar refractivity (Wildman–Crippen MR) is 87.8 cm³/mol. The number of carbonyl (C=O) groups is 1. The minimum atomic E-state index is 0.00109. The number of carbonyl (C=O) groups excluding carboxylic acids is 1. The monoisotopic (exact) mass is 323 g/mol. The van der Waals surface area contributed by atoms with Crippen molar-refractivity contribution in [2.24, 2.45) is 5.41 Å². The normalized spacial score (nSPS) is 26.0. The number of nitrogens with one attached hydrogen (secondary N) is 1. The molecule has 22 heavy (non-hydrogen) atoms. The van der Waals surface area contributed by atoms with Crippen molar-refractivity contribution in [1.29, 1.82) is 0 Å². The van der Waals surface area contributed by atoms with Gasteiger partial charge in [-0.3, -0.25) is 4.79 Å². The molecule has 2 atom stereocenters. The van der Waals surface area contributed by atoms with Crippen LogP contribution in [0.3, 0.4) is 0 Å². The van der Waals surface area contributed by atoms with E-state index in [1.165, 1.54) is 37.0 Å². The molecule has 5 heteroatoms. The Bertz CT molecular complexity index is 548. The van der Waals surface area contributed by atoms with Gasteiger partial charge in [0.1, 0.15) is 10.6 Å². The lowest BCUT2D eigenvalue weighted by Gasteiger charge is -2.54. The molecule has 1 aromatic rings. The summed E-state index contributed by atoms with van der Waals surface area (Å²) in [7, 11) is 1.62. The Kier molecular flexibility index (Phi) is 4.46. The standard InChI is InChI=1S/C17H25NO3S/c1-4-21-14-10-13(17(14)7-5-6-8-17)18-16(19)15-12(20-3)9-11(2)22-15/h9,13-14H,4-8,10H2,1-3H3,(H,18,19)/t13-,14-/m1/s1. The zero-order chi connectivity index (χ0) is 15.7. The second-order valence-electron chi connectivity index (χ2n) is 6.40. The Balaban J connectivity index is 1.71. The Morgan fingerprint density at radius 3 is 2.82 bits per heavy atom. The number of aryl methyl sites for hydroxylation is 1. The summed E-state index contributed by atoms with van der Waals surface area (Å²) in [4.78, 5) is 14.4. The molecule has 2 saturated carbocycles. The molecule has 4 nitrogen and oxygen atoms in total. The van der Waals surface area contributed by atoms with Gasteiger partial charge < -0.3 is 14.8 Å². The smallest absolute Gasteiger partial charge is 0.265 e. The molecule has 0 bridgehead atoms. The first-order chi connectivity index (χ1) is 10.6. The number of methoxy groups -OCH3 is 1. The molecule has 1 aromatic heterocycles. The second-order valence-corrected chi connectivity index (χ2v) is 7.66. The molecular formula is C17H25NO3S. The molecule has 0 radical (unpaired) electrons. The van der Waals surface area contributed by atoms with Crippen LogP contribution in [-0.4, -0.2) is 31.8 Å². The summed E-state index contributed by atoms with van der Waals surface area (Å²) in [5.74, 6) is 0.683. The van der Waals surface area contributed by atoms with E-state index < -0.39 is 0 Å². The van der Waals surface area contributed by atoms with Gasteiger partial charge in [-0.2, -0.15) is 0 Å². The van der Waals surface area contributed by atoms with Gasteiger partial charge in [-0.15, -0.1) is 11.3 Å². The van der Waals surface area contributed by atoms with Crippen molar-refractivity contribution in [2.75, 3.05) is 13.7 Å². The zero-order valence-electron chi connectivity index (χ0n) is 13.6. The van der Waals surface area contributed by atoms with Crippen molar-refractivity contribution in [2.45, 2.75) is 58.1 Å². The van der Waals surface area contributed by atoms with Gasteiger partial charge in [-0.05, 0) is 39.2 Å². The van der Waals surface area contributed by atoms with Crippen LogP contribution in [0.15, 0.2) is 6.07 Å². The molecule has 2 aliphatic rings. The number of amides is 1. The summed E-state index contributed by atoms with van der Waals surface area (Å²) >= 11 is 1.50. The minimum absolute atomic E-state index is 0.00109. The van der Waals surface area contributed by atoms with Crippen molar-refractivity contribution in [3.8, 4) is 5.75 Å². The molecule has 0 saturated heterocycles. The first-order valence-corrected chi connectivity index (χ1v) is 8.99. The highest BCUT2D eigenvalue weighted by Crippen LogP contribution is 2.54. The lowest BCUT2D eigenvalue weighted by atomic mass is 9.60. The number of hydrogen-bond donors (Lipinski definition) is 1. The summed E-state index contributed by atoms with van der Waals surface area (Å²) in [6.07, 6.45) is 6.09. The van der Waals surface area contributed by atoms with E-state index in [1.54, 1.807) is 7.11 Å². The summed E-state index contributed by atoms with van der Waals surface area (Å²) in [5.41, 5.74) is 0.172. The molecule has 1 heterocycles. The van der Waals surface area contributed by atoms with Crippen molar-refractivity contribution in [1.82, 2.24) is 5.32 Å². The van der Waals surface area contributed by atoms with E-state index >= 15 is 0 Å². The van der Waals surface area contributed by atoms with Crippen LogP contribution < -0.4 is 10.1 Å². The van der Waals surface area contributed by atoms with Gasteiger partial charge in [0.2, 0.25) is 0 Å². The van der Waals surface area contributed by atoms with E-state index in [1.807, 2.05) is 19.9 Å². The summed E-state index contributed by atoms with van der Waals surface area (Å²) < 4.78 is 11.2. The molecule has 1 N–H and O–H groups in total. The first-order valence-electron chi connectivity index (χ1n) is 8.17. The van der Waals surface area contributed by atoms with Gasteiger partial charge in [0, 0.05) is 22.9 Å². The molecule has 0 aromatic carbocycles. The van der Waals surface area contributed by atoms with E-state index in [-0.39, 0.29) is 17.4 Å². The molecular weight excluding hydrogens is 298 g/mol. The average Bonchev–Trinajstić information content (AvgIpc) is 3.14. The summed E-state index contributed by atoms with van der Waals surface area (Å²) in [6.45, 7) is 4.80. The van der Waals surface area contributed by atoms with Crippen LogP contribution in [-0.2, 0) is 4.74 Å². The minimum Gasteiger partial charge on any atom is -0.495 e. The quantitative estimate of drug-likeness (QED) is 0.901. The lowest BCUT2D eigenvalue weighted by Crippen LogP contribution is -2.63. The maximum atomic E-state index is 12.6. The van der Waals surface area contributed by atoms with Crippen LogP contribution in [0.25, 0.3) is 0 Å². The van der Waals surface area contributed by atoms with Crippen LogP contribution >= 0.6 is 11.3 Å². The topological polar surface area (TPSA) is 47.6 Å². The highest BCUT2D eigenvalue weighted by Gasteiger charge is 2.57. The highest BCUT2D eigenvalue weighted by atomic mass is 32.1. The van der Waals surface area contributed by atoms with Crippen molar-refractivity contribution < 1.29 is 14.3 Å². The zero-order valence-corrected chi connectivity index (χ0v) is 14.4. The maximum absolute atomic E-state index is 12.6. The lowest BCUT2D eigenvalue weighted by molar-refractivity contribution is -0.127. The van der Waals surface area contributed by atoms with Gasteiger partial charge in [0.15, 0.2) is 0 Å². The maximum Gasteiger partial charge on any atom is 0.265 e. The molecule has 0 aliphatic heterocycles. The first kappa shape index (κ1) is 15.8. The number of ether oxygens (including phenoxy) is 2. The SMILES string of the molecule is CCO[C@@H]1C[C@@H](NC(=O)c2sc(C)cc2OC)C12CCCC2. The van der Waals surface area contributed by atoms with Crippen molar-refractivity contribution in [3.05, 3.63) is 15.8 Å². The summed E-state index contributed by atoms with van der Waals surface area (Å²) in [6, 6.07) is 2.17. The van der Waals surface area contributed by atoms with Crippen LogP contribution in [0, 0.1) is 12.3 Å². The van der Waals surface area contributed by atoms with E-state index in [0.717, 1.165) is 17.9 Å². The van der Waals surface area contributed by atoms with Gasteiger partial charge in [0.05, 0.1) is 13.2 Å². The van der Waals surface area contributed by atoms with E-state index in [4.69, 9.17) is 9.47 Å². The fourth-order valence-corrected chi connectivity index (χ4v) is 5.00. The predicted octanol–water partition coefficient (Wildman–Crippen LogP) is 3.53. The Morgan fingerprint density at radius 1 is 1.45 bits per heavy atom. The van der Waals surface area contributed by atoms with E-state index in [2.05, 4.69) is 5.32 Å². The van der Waals surface area contributed by atoms with Crippen molar-refractivity contribution in [3.63, 3.8) is 0 Å². The van der Waals surface area contributed by atoms with Crippen LogP contribution in [0.5, 0.6) is 5.75 Å². The summed E-state index contributed by atoms with van der Waals surface area (Å²) in [5, 5.41) is 3.25. The largest absolute Gasteiger partial charge is 0.495 e. The Hall–Kier alpha value is -1.07. The molecule has 122 valence electrons. The molecule has 1 amide bonds. The molecule has 3 rings (SSSR count). The van der Waals surface area contributed by atoms with E-state index in [9.17, 15) is 4.79 Å². The molecule has 2 fully saturated rings. The van der Waals surface area contributed by atoms with Gasteiger partial charge >= 0.3 is 0 Å².